The third-order valence-corrected chi connectivity index (χ3v) is 3.32. The van der Waals surface area contributed by atoms with Crippen molar-refractivity contribution in [2.24, 2.45) is 0 Å². The first kappa shape index (κ1) is 13.3. The molecule has 0 spiro atoms. The molecule has 0 aromatic heterocycles. The molecular weight excluding hydrogens is 264 g/mol. The number of hydrogen-bond donors (Lipinski definition) is 1. The van der Waals surface area contributed by atoms with Gasteiger partial charge in [-0.1, -0.05) is 24.8 Å². The van der Waals surface area contributed by atoms with Crippen molar-refractivity contribution in [2.45, 2.75) is 4.90 Å². The first-order valence-corrected chi connectivity index (χ1v) is 6.91. The van der Waals surface area contributed by atoms with Crippen LogP contribution in [0.15, 0.2) is 60.0 Å². The third kappa shape index (κ3) is 3.43. The van der Waals surface area contributed by atoms with Crippen molar-refractivity contribution in [3.05, 3.63) is 60.7 Å². The van der Waals surface area contributed by atoms with Gasteiger partial charge in [0.15, 0.2) is 0 Å². The highest BCUT2D eigenvalue weighted by Gasteiger charge is 2.08. The molecule has 0 unspecified atom stereocenters. The second-order valence-electron chi connectivity index (χ2n) is 3.83. The first-order valence-electron chi connectivity index (χ1n) is 5.47. The molecule has 5 heteroatoms. The zero-order valence-corrected chi connectivity index (χ0v) is 10.8. The molecule has 0 aliphatic rings. The summed E-state index contributed by atoms with van der Waals surface area (Å²) >= 11 is 0. The smallest absolute Gasteiger partial charge is 0.294 e. The van der Waals surface area contributed by atoms with Gasteiger partial charge in [0.25, 0.3) is 10.1 Å². The van der Waals surface area contributed by atoms with Crippen LogP contribution in [-0.4, -0.2) is 13.0 Å². The van der Waals surface area contributed by atoms with Crippen molar-refractivity contribution in [1.29, 1.82) is 0 Å². The van der Waals surface area contributed by atoms with Crippen LogP contribution in [0.2, 0.25) is 0 Å². The monoisotopic (exact) mass is 276 g/mol. The maximum atomic E-state index is 10.9. The molecular formula is C14H12O4S. The van der Waals surface area contributed by atoms with E-state index in [9.17, 15) is 8.42 Å². The Labute approximate surface area is 111 Å². The lowest BCUT2D eigenvalue weighted by Gasteiger charge is -2.06. The normalized spacial score (nSPS) is 11.0. The minimum absolute atomic E-state index is 0.167. The van der Waals surface area contributed by atoms with Crippen LogP contribution in [0, 0.1) is 0 Å². The molecule has 98 valence electrons. The summed E-state index contributed by atoms with van der Waals surface area (Å²) in [5, 5.41) is 0. The van der Waals surface area contributed by atoms with Crippen molar-refractivity contribution in [3.63, 3.8) is 0 Å². The summed E-state index contributed by atoms with van der Waals surface area (Å²) in [4.78, 5) is -0.167. The van der Waals surface area contributed by atoms with Gasteiger partial charge in [-0.05, 0) is 42.0 Å². The fraction of sp³-hybridized carbons (Fsp3) is 0. The van der Waals surface area contributed by atoms with E-state index in [0.717, 1.165) is 5.56 Å². The third-order valence-electron chi connectivity index (χ3n) is 2.45. The average molecular weight is 276 g/mol. The van der Waals surface area contributed by atoms with E-state index in [1.165, 1.54) is 24.3 Å². The van der Waals surface area contributed by atoms with Crippen molar-refractivity contribution < 1.29 is 17.7 Å². The molecule has 0 fully saturated rings. The molecule has 0 atom stereocenters. The molecule has 0 aliphatic heterocycles. The number of hydrogen-bond acceptors (Lipinski definition) is 3. The lowest BCUT2D eigenvalue weighted by Crippen LogP contribution is -1.97. The Morgan fingerprint density at radius 3 is 2.32 bits per heavy atom. The second kappa shape index (κ2) is 5.26. The number of rotatable bonds is 4. The molecule has 4 nitrogen and oxygen atoms in total. The number of benzene rings is 2. The van der Waals surface area contributed by atoms with E-state index >= 15 is 0 Å². The Morgan fingerprint density at radius 2 is 1.74 bits per heavy atom. The highest BCUT2D eigenvalue weighted by Crippen LogP contribution is 2.23. The molecule has 0 saturated heterocycles. The fourth-order valence-corrected chi connectivity index (χ4v) is 2.00. The molecule has 2 rings (SSSR count). The van der Waals surface area contributed by atoms with E-state index in [4.69, 9.17) is 9.29 Å². The zero-order chi connectivity index (χ0) is 13.9. The van der Waals surface area contributed by atoms with Crippen LogP contribution in [0.3, 0.4) is 0 Å². The minimum atomic E-state index is -4.17. The van der Waals surface area contributed by atoms with Gasteiger partial charge >= 0.3 is 0 Å². The van der Waals surface area contributed by atoms with Crippen molar-refractivity contribution in [3.8, 4) is 11.5 Å². The predicted octanol–water partition coefficient (Wildman–Crippen LogP) is 3.37. The summed E-state index contributed by atoms with van der Waals surface area (Å²) in [6.45, 7) is 3.67. The summed E-state index contributed by atoms with van der Waals surface area (Å²) in [6, 6.07) is 12.8. The lowest BCUT2D eigenvalue weighted by atomic mass is 10.2. The maximum Gasteiger partial charge on any atom is 0.294 e. The first-order chi connectivity index (χ1) is 8.99. The maximum absolute atomic E-state index is 10.9. The van der Waals surface area contributed by atoms with Crippen LogP contribution < -0.4 is 4.74 Å². The van der Waals surface area contributed by atoms with Crippen LogP contribution in [0.25, 0.3) is 6.08 Å². The van der Waals surface area contributed by atoms with Gasteiger partial charge < -0.3 is 4.74 Å². The van der Waals surface area contributed by atoms with Gasteiger partial charge in [0, 0.05) is 0 Å². The van der Waals surface area contributed by atoms with Crippen LogP contribution >= 0.6 is 0 Å². The van der Waals surface area contributed by atoms with E-state index in [0.29, 0.717) is 11.5 Å². The van der Waals surface area contributed by atoms with Gasteiger partial charge in [0.2, 0.25) is 0 Å². The van der Waals surface area contributed by atoms with Gasteiger partial charge in [-0.2, -0.15) is 8.42 Å². The molecule has 0 amide bonds. The molecule has 0 saturated carbocycles. The molecule has 0 bridgehead atoms. The molecule has 19 heavy (non-hydrogen) atoms. The number of ether oxygens (including phenoxy) is 1. The van der Waals surface area contributed by atoms with E-state index in [1.54, 1.807) is 12.1 Å². The summed E-state index contributed by atoms with van der Waals surface area (Å²) in [6.07, 6.45) is 1.70. The van der Waals surface area contributed by atoms with Crippen molar-refractivity contribution >= 4 is 16.2 Å². The van der Waals surface area contributed by atoms with Gasteiger partial charge in [-0.3, -0.25) is 4.55 Å². The predicted molar refractivity (Wildman–Crippen MR) is 72.9 cm³/mol. The highest BCUT2D eigenvalue weighted by molar-refractivity contribution is 7.85. The van der Waals surface area contributed by atoms with Crippen LogP contribution in [-0.2, 0) is 10.1 Å². The summed E-state index contributed by atoms with van der Waals surface area (Å²) < 4.78 is 36.2. The molecule has 0 heterocycles. The summed E-state index contributed by atoms with van der Waals surface area (Å²) in [5.41, 5.74) is 0.923. The zero-order valence-electron chi connectivity index (χ0n) is 9.98. The Balaban J connectivity index is 2.22. The highest BCUT2D eigenvalue weighted by atomic mass is 32.2. The standard InChI is InChI=1S/C14H12O4S/c1-2-11-4-3-5-13(10-11)18-12-6-8-14(9-7-12)19(15,16)17/h2-10H,1H2,(H,15,16,17). The molecule has 2 aromatic rings. The van der Waals surface area contributed by atoms with Crippen LogP contribution in [0.5, 0.6) is 11.5 Å². The quantitative estimate of drug-likeness (QED) is 0.870. The van der Waals surface area contributed by atoms with Crippen LogP contribution in [0.4, 0.5) is 0 Å². The molecule has 2 aromatic carbocycles. The van der Waals surface area contributed by atoms with E-state index in [1.807, 2.05) is 18.2 Å². The molecule has 0 aliphatic carbocycles. The minimum Gasteiger partial charge on any atom is -0.457 e. The Kier molecular flexibility index (Phi) is 3.69. The topological polar surface area (TPSA) is 63.6 Å². The lowest BCUT2D eigenvalue weighted by molar-refractivity contribution is 0.478. The Morgan fingerprint density at radius 1 is 1.05 bits per heavy atom. The van der Waals surface area contributed by atoms with E-state index < -0.39 is 10.1 Å². The Hall–Kier alpha value is -2.11. The van der Waals surface area contributed by atoms with Crippen LogP contribution in [0.1, 0.15) is 5.56 Å². The van der Waals surface area contributed by atoms with Crippen molar-refractivity contribution in [2.75, 3.05) is 0 Å². The fourth-order valence-electron chi connectivity index (χ4n) is 1.52. The second-order valence-corrected chi connectivity index (χ2v) is 5.25. The van der Waals surface area contributed by atoms with Crippen molar-refractivity contribution in [1.82, 2.24) is 0 Å². The summed E-state index contributed by atoms with van der Waals surface area (Å²) in [7, 11) is -4.17. The van der Waals surface area contributed by atoms with Gasteiger partial charge in [-0.25, -0.2) is 0 Å². The SMILES string of the molecule is C=Cc1cccc(Oc2ccc(S(=O)(=O)O)cc2)c1. The van der Waals surface area contributed by atoms with E-state index in [2.05, 4.69) is 6.58 Å². The average Bonchev–Trinajstić information content (AvgIpc) is 2.38. The molecule has 0 radical (unpaired) electrons. The van der Waals surface area contributed by atoms with Gasteiger partial charge in [0.1, 0.15) is 11.5 Å². The Bertz CT molecular complexity index is 688. The summed E-state index contributed by atoms with van der Waals surface area (Å²) in [5.74, 6) is 1.10. The van der Waals surface area contributed by atoms with Gasteiger partial charge in [-0.15, -0.1) is 0 Å². The largest absolute Gasteiger partial charge is 0.457 e. The van der Waals surface area contributed by atoms with Gasteiger partial charge in [0.05, 0.1) is 4.90 Å². The van der Waals surface area contributed by atoms with E-state index in [-0.39, 0.29) is 4.90 Å². The molecule has 1 N–H and O–H groups in total.